The third kappa shape index (κ3) is 3.72. The number of fused-ring (bicyclic) bond motifs is 1. The first-order valence-electron chi connectivity index (χ1n) is 9.33. The molecule has 0 saturated heterocycles. The highest BCUT2D eigenvalue weighted by Gasteiger charge is 2.15. The smallest absolute Gasteiger partial charge is 0.185 e. The van der Waals surface area contributed by atoms with Crippen LogP contribution in [0.15, 0.2) is 60.9 Å². The van der Waals surface area contributed by atoms with E-state index in [0.717, 1.165) is 22.2 Å². The molecule has 1 fully saturated rings. The van der Waals surface area contributed by atoms with Crippen LogP contribution in [-0.2, 0) is 0 Å². The van der Waals surface area contributed by atoms with E-state index in [9.17, 15) is 4.79 Å². The van der Waals surface area contributed by atoms with Gasteiger partial charge in [0.25, 0.3) is 0 Å². The summed E-state index contributed by atoms with van der Waals surface area (Å²) in [7, 11) is 0. The van der Waals surface area contributed by atoms with E-state index in [1.807, 2.05) is 36.4 Å². The molecule has 1 saturated carbocycles. The third-order valence-electron chi connectivity index (χ3n) is 5.19. The van der Waals surface area contributed by atoms with Gasteiger partial charge in [-0.15, -0.1) is 0 Å². The third-order valence-corrected chi connectivity index (χ3v) is 5.19. The number of ketones is 1. The van der Waals surface area contributed by atoms with Gasteiger partial charge in [0.05, 0.1) is 11.0 Å². The molecule has 1 aromatic heterocycles. The second-order valence-electron chi connectivity index (χ2n) is 6.96. The van der Waals surface area contributed by atoms with Gasteiger partial charge in [-0.25, -0.2) is 0 Å². The number of aromatic nitrogens is 2. The molecule has 0 atom stereocenters. The fourth-order valence-corrected chi connectivity index (χ4v) is 3.71. The second-order valence-corrected chi connectivity index (χ2v) is 6.96. The number of nitrogens with zero attached hydrogens (tertiary/aromatic N) is 2. The molecule has 1 aliphatic rings. The largest absolute Gasteiger partial charge is 0.289 e. The van der Waals surface area contributed by atoms with E-state index < -0.39 is 0 Å². The van der Waals surface area contributed by atoms with E-state index in [1.165, 1.54) is 37.7 Å². The van der Waals surface area contributed by atoms with Crippen molar-refractivity contribution < 1.29 is 4.79 Å². The molecule has 3 heteroatoms. The number of benzene rings is 2. The van der Waals surface area contributed by atoms with Crippen molar-refractivity contribution in [3.8, 4) is 0 Å². The highest BCUT2D eigenvalue weighted by atomic mass is 16.1. The summed E-state index contributed by atoms with van der Waals surface area (Å²) in [6.07, 6.45) is 13.4. The van der Waals surface area contributed by atoms with E-state index in [2.05, 4.69) is 22.1 Å². The molecule has 1 aliphatic carbocycles. The summed E-state index contributed by atoms with van der Waals surface area (Å²) in [5.74, 6) is 0.696. The van der Waals surface area contributed by atoms with Crippen molar-refractivity contribution in [3.63, 3.8) is 0 Å². The predicted octanol–water partition coefficient (Wildman–Crippen LogP) is 5.57. The Kier molecular flexibility index (Phi) is 4.87. The molecule has 4 rings (SSSR count). The van der Waals surface area contributed by atoms with Crippen LogP contribution >= 0.6 is 0 Å². The minimum absolute atomic E-state index is 0.0273. The van der Waals surface area contributed by atoms with Crippen LogP contribution < -0.4 is 0 Å². The summed E-state index contributed by atoms with van der Waals surface area (Å²) in [5, 5.41) is 0. The zero-order chi connectivity index (χ0) is 17.8. The lowest BCUT2D eigenvalue weighted by Crippen LogP contribution is -2.05. The second kappa shape index (κ2) is 7.61. The summed E-state index contributed by atoms with van der Waals surface area (Å²) < 4.78 is 0. The number of rotatable bonds is 4. The lowest BCUT2D eigenvalue weighted by atomic mass is 9.84. The van der Waals surface area contributed by atoms with E-state index in [0.29, 0.717) is 5.92 Å². The SMILES string of the molecule is O=C(/C=C/c1ccc2nccnc2c1)c1ccc(C2CCCCC2)cc1. The normalized spacial score (nSPS) is 15.5. The van der Waals surface area contributed by atoms with Crippen LogP contribution in [0.1, 0.15) is 59.5 Å². The number of hydrogen-bond donors (Lipinski definition) is 0. The molecule has 26 heavy (non-hydrogen) atoms. The Bertz CT molecular complexity index is 938. The fraction of sp³-hybridized carbons (Fsp3) is 0.261. The molecule has 0 unspecified atom stereocenters. The van der Waals surface area contributed by atoms with Crippen LogP contribution in [0, 0.1) is 0 Å². The van der Waals surface area contributed by atoms with Crippen LogP contribution in [0.5, 0.6) is 0 Å². The average Bonchev–Trinajstić information content (AvgIpc) is 2.72. The molecule has 130 valence electrons. The minimum atomic E-state index is 0.0273. The maximum absolute atomic E-state index is 12.5. The van der Waals surface area contributed by atoms with Crippen molar-refractivity contribution in [2.45, 2.75) is 38.0 Å². The minimum Gasteiger partial charge on any atom is -0.289 e. The average molecular weight is 342 g/mol. The molecular formula is C23H22N2O. The standard InChI is InChI=1S/C23H22N2O/c26-23(13-7-17-6-12-21-22(16-17)25-15-14-24-21)20-10-8-19(9-11-20)18-4-2-1-3-5-18/h6-16,18H,1-5H2/b13-7+. The van der Waals surface area contributed by atoms with Crippen LogP contribution in [-0.4, -0.2) is 15.8 Å². The Balaban J connectivity index is 1.47. The molecule has 1 heterocycles. The Hall–Kier alpha value is -2.81. The molecule has 0 bridgehead atoms. The van der Waals surface area contributed by atoms with Gasteiger partial charge in [-0.3, -0.25) is 14.8 Å². The van der Waals surface area contributed by atoms with E-state index in [-0.39, 0.29) is 5.78 Å². The molecule has 0 N–H and O–H groups in total. The lowest BCUT2D eigenvalue weighted by molar-refractivity contribution is 0.104. The number of carbonyl (C=O) groups is 1. The van der Waals surface area contributed by atoms with Gasteiger partial charge in [0.2, 0.25) is 0 Å². The van der Waals surface area contributed by atoms with Crippen molar-refractivity contribution in [2.75, 3.05) is 0 Å². The van der Waals surface area contributed by atoms with Crippen LogP contribution in [0.4, 0.5) is 0 Å². The lowest BCUT2D eigenvalue weighted by Gasteiger charge is -2.21. The fourth-order valence-electron chi connectivity index (χ4n) is 3.71. The van der Waals surface area contributed by atoms with Gasteiger partial charge in [-0.2, -0.15) is 0 Å². The van der Waals surface area contributed by atoms with Gasteiger partial charge < -0.3 is 0 Å². The highest BCUT2D eigenvalue weighted by molar-refractivity contribution is 6.06. The Labute approximate surface area is 153 Å². The summed E-state index contributed by atoms with van der Waals surface area (Å²) in [6, 6.07) is 14.0. The number of hydrogen-bond acceptors (Lipinski definition) is 3. The van der Waals surface area contributed by atoms with Gasteiger partial charge in [-0.1, -0.05) is 55.7 Å². The first-order valence-corrected chi connectivity index (χ1v) is 9.33. The first-order chi connectivity index (χ1) is 12.8. The zero-order valence-electron chi connectivity index (χ0n) is 14.8. The summed E-state index contributed by atoms with van der Waals surface area (Å²) in [5.41, 5.74) is 4.75. The van der Waals surface area contributed by atoms with Crippen LogP contribution in [0.25, 0.3) is 17.1 Å². The summed E-state index contributed by atoms with van der Waals surface area (Å²) in [6.45, 7) is 0. The molecular weight excluding hydrogens is 320 g/mol. The zero-order valence-corrected chi connectivity index (χ0v) is 14.8. The summed E-state index contributed by atoms with van der Waals surface area (Å²) >= 11 is 0. The topological polar surface area (TPSA) is 42.9 Å². The van der Waals surface area contributed by atoms with Gasteiger partial charge in [0.15, 0.2) is 5.78 Å². The highest BCUT2D eigenvalue weighted by Crippen LogP contribution is 2.32. The van der Waals surface area contributed by atoms with E-state index >= 15 is 0 Å². The molecule has 3 aromatic rings. The van der Waals surface area contributed by atoms with Gasteiger partial charge in [0, 0.05) is 18.0 Å². The predicted molar refractivity (Wildman–Crippen MR) is 105 cm³/mol. The first kappa shape index (κ1) is 16.6. The molecule has 3 nitrogen and oxygen atoms in total. The molecule has 0 aliphatic heterocycles. The van der Waals surface area contributed by atoms with Crippen molar-refractivity contribution in [1.29, 1.82) is 0 Å². The van der Waals surface area contributed by atoms with Crippen LogP contribution in [0.3, 0.4) is 0 Å². The van der Waals surface area contributed by atoms with Gasteiger partial charge in [-0.05, 0) is 48.1 Å². The van der Waals surface area contributed by atoms with E-state index in [1.54, 1.807) is 18.5 Å². The number of carbonyl (C=O) groups excluding carboxylic acids is 1. The maximum atomic E-state index is 12.5. The van der Waals surface area contributed by atoms with E-state index in [4.69, 9.17) is 0 Å². The molecule has 0 spiro atoms. The van der Waals surface area contributed by atoms with Crippen molar-refractivity contribution in [2.24, 2.45) is 0 Å². The monoisotopic (exact) mass is 342 g/mol. The molecule has 2 aromatic carbocycles. The van der Waals surface area contributed by atoms with Gasteiger partial charge >= 0.3 is 0 Å². The van der Waals surface area contributed by atoms with Crippen molar-refractivity contribution in [3.05, 3.63) is 77.6 Å². The maximum Gasteiger partial charge on any atom is 0.185 e. The Morgan fingerprint density at radius 1 is 0.885 bits per heavy atom. The summed E-state index contributed by atoms with van der Waals surface area (Å²) in [4.78, 5) is 21.0. The van der Waals surface area contributed by atoms with Crippen molar-refractivity contribution in [1.82, 2.24) is 9.97 Å². The molecule has 0 amide bonds. The Morgan fingerprint density at radius 2 is 1.62 bits per heavy atom. The van der Waals surface area contributed by atoms with Gasteiger partial charge in [0.1, 0.15) is 0 Å². The Morgan fingerprint density at radius 3 is 2.38 bits per heavy atom. The number of allylic oxidation sites excluding steroid dienone is 1. The quantitative estimate of drug-likeness (QED) is 0.459. The van der Waals surface area contributed by atoms with Crippen LogP contribution in [0.2, 0.25) is 0 Å². The molecule has 0 radical (unpaired) electrons. The van der Waals surface area contributed by atoms with Crippen molar-refractivity contribution >= 4 is 22.9 Å².